The number of hydrogen-bond acceptors (Lipinski definition) is 1. The Morgan fingerprint density at radius 3 is 2.75 bits per heavy atom. The average Bonchev–Trinajstić information content (AvgIpc) is 2.24. The van der Waals surface area contributed by atoms with Crippen molar-refractivity contribution in [1.29, 1.82) is 0 Å². The predicted octanol–water partition coefficient (Wildman–Crippen LogP) is 3.44. The van der Waals surface area contributed by atoms with Crippen LogP contribution in [0.2, 0.25) is 0 Å². The lowest BCUT2D eigenvalue weighted by Gasteiger charge is -2.42. The number of benzene rings is 1. The summed E-state index contributed by atoms with van der Waals surface area (Å²) in [6, 6.07) is 6.78. The summed E-state index contributed by atoms with van der Waals surface area (Å²) in [7, 11) is 0. The van der Waals surface area contributed by atoms with Crippen LogP contribution < -0.4 is 5.73 Å². The first-order valence-corrected chi connectivity index (χ1v) is 6.07. The summed E-state index contributed by atoms with van der Waals surface area (Å²) in [5.74, 6) is 0.864. The topological polar surface area (TPSA) is 26.0 Å². The molecule has 0 radical (unpaired) electrons. The van der Waals surface area contributed by atoms with Crippen LogP contribution in [0.15, 0.2) is 24.3 Å². The Kier molecular flexibility index (Phi) is 3.02. The van der Waals surface area contributed by atoms with Crippen LogP contribution in [-0.4, -0.2) is 0 Å². The van der Waals surface area contributed by atoms with Crippen molar-refractivity contribution in [3.63, 3.8) is 0 Å². The van der Waals surface area contributed by atoms with Crippen LogP contribution in [0.3, 0.4) is 0 Å². The molecule has 0 aliphatic heterocycles. The molecule has 0 saturated heterocycles. The highest BCUT2D eigenvalue weighted by molar-refractivity contribution is 5.26. The Balaban J connectivity index is 2.35. The van der Waals surface area contributed by atoms with E-state index in [1.54, 1.807) is 12.1 Å². The number of hydrogen-bond donors (Lipinski definition) is 1. The summed E-state index contributed by atoms with van der Waals surface area (Å²) >= 11 is 0. The molecule has 0 bridgehead atoms. The van der Waals surface area contributed by atoms with Gasteiger partial charge in [0.05, 0.1) is 0 Å². The molecule has 1 nitrogen and oxygen atoms in total. The van der Waals surface area contributed by atoms with Crippen molar-refractivity contribution >= 4 is 0 Å². The van der Waals surface area contributed by atoms with E-state index in [0.717, 1.165) is 18.4 Å². The molecule has 0 aromatic heterocycles. The molecule has 3 unspecified atom stereocenters. The van der Waals surface area contributed by atoms with E-state index >= 15 is 0 Å². The summed E-state index contributed by atoms with van der Waals surface area (Å²) in [4.78, 5) is 0. The molecule has 2 N–H and O–H groups in total. The van der Waals surface area contributed by atoms with Gasteiger partial charge >= 0.3 is 0 Å². The van der Waals surface area contributed by atoms with Gasteiger partial charge in [0.1, 0.15) is 5.82 Å². The van der Waals surface area contributed by atoms with E-state index in [9.17, 15) is 4.39 Å². The van der Waals surface area contributed by atoms with Gasteiger partial charge in [-0.25, -0.2) is 4.39 Å². The Morgan fingerprint density at radius 2 is 2.06 bits per heavy atom. The van der Waals surface area contributed by atoms with Crippen LogP contribution >= 0.6 is 0 Å². The highest BCUT2D eigenvalue weighted by Crippen LogP contribution is 2.41. The van der Waals surface area contributed by atoms with Gasteiger partial charge in [0.15, 0.2) is 0 Å². The molecule has 1 saturated carbocycles. The van der Waals surface area contributed by atoms with Crippen molar-refractivity contribution in [2.75, 3.05) is 0 Å². The summed E-state index contributed by atoms with van der Waals surface area (Å²) in [5.41, 5.74) is 7.12. The van der Waals surface area contributed by atoms with Crippen molar-refractivity contribution in [2.24, 2.45) is 17.6 Å². The van der Waals surface area contributed by atoms with E-state index in [1.165, 1.54) is 12.5 Å². The van der Waals surface area contributed by atoms with Crippen molar-refractivity contribution in [3.05, 3.63) is 35.6 Å². The van der Waals surface area contributed by atoms with E-state index in [2.05, 4.69) is 13.8 Å². The van der Waals surface area contributed by atoms with Gasteiger partial charge < -0.3 is 5.73 Å². The first kappa shape index (κ1) is 11.6. The zero-order chi connectivity index (χ0) is 11.8. The molecule has 1 aliphatic rings. The lowest BCUT2D eigenvalue weighted by atomic mass is 9.67. The van der Waals surface area contributed by atoms with Crippen molar-refractivity contribution in [3.8, 4) is 0 Å². The lowest BCUT2D eigenvalue weighted by molar-refractivity contribution is 0.161. The van der Waals surface area contributed by atoms with Gasteiger partial charge in [-0.2, -0.15) is 0 Å². The monoisotopic (exact) mass is 221 g/mol. The quantitative estimate of drug-likeness (QED) is 0.772. The fraction of sp³-hybridized carbons (Fsp3) is 0.571. The second-order valence-corrected chi connectivity index (χ2v) is 5.34. The standard InChI is InChI=1S/C14H20FN/c1-10-6-7-11(2)14(16,9-10)12-4-3-5-13(15)8-12/h3-5,8,10-11H,6-7,9,16H2,1-2H3. The van der Waals surface area contributed by atoms with Crippen molar-refractivity contribution in [1.82, 2.24) is 0 Å². The fourth-order valence-corrected chi connectivity index (χ4v) is 2.85. The Labute approximate surface area is 96.9 Å². The Morgan fingerprint density at radius 1 is 1.31 bits per heavy atom. The Bertz CT molecular complexity index is 377. The first-order chi connectivity index (χ1) is 7.52. The summed E-state index contributed by atoms with van der Waals surface area (Å²) in [6.45, 7) is 4.41. The summed E-state index contributed by atoms with van der Waals surface area (Å²) < 4.78 is 13.3. The van der Waals surface area contributed by atoms with Crippen molar-refractivity contribution < 1.29 is 4.39 Å². The molecule has 2 rings (SSSR count). The van der Waals surface area contributed by atoms with Crippen molar-refractivity contribution in [2.45, 2.75) is 38.6 Å². The molecule has 1 aliphatic carbocycles. The molecular formula is C14H20FN. The van der Waals surface area contributed by atoms with Gasteiger partial charge in [-0.15, -0.1) is 0 Å². The molecule has 0 spiro atoms. The summed E-state index contributed by atoms with van der Waals surface area (Å²) in [5, 5.41) is 0. The maximum atomic E-state index is 13.3. The molecule has 16 heavy (non-hydrogen) atoms. The maximum Gasteiger partial charge on any atom is 0.123 e. The molecule has 0 amide bonds. The summed E-state index contributed by atoms with van der Waals surface area (Å²) in [6.07, 6.45) is 3.32. The zero-order valence-corrected chi connectivity index (χ0v) is 10.0. The third-order valence-electron chi connectivity index (χ3n) is 4.02. The van der Waals surface area contributed by atoms with E-state index in [4.69, 9.17) is 5.73 Å². The van der Waals surface area contributed by atoms with E-state index < -0.39 is 0 Å². The Hall–Kier alpha value is -0.890. The van der Waals surface area contributed by atoms with E-state index in [1.807, 2.05) is 6.07 Å². The molecule has 1 aromatic carbocycles. The number of rotatable bonds is 1. The molecule has 2 heteroatoms. The predicted molar refractivity (Wildman–Crippen MR) is 64.4 cm³/mol. The van der Waals surface area contributed by atoms with Crippen LogP contribution in [0.5, 0.6) is 0 Å². The smallest absolute Gasteiger partial charge is 0.123 e. The highest BCUT2D eigenvalue weighted by atomic mass is 19.1. The fourth-order valence-electron chi connectivity index (χ4n) is 2.85. The van der Waals surface area contributed by atoms with Gasteiger partial charge in [-0.1, -0.05) is 32.4 Å². The van der Waals surface area contributed by atoms with Gasteiger partial charge in [0.25, 0.3) is 0 Å². The minimum absolute atomic E-state index is 0.187. The maximum absolute atomic E-state index is 13.3. The number of halogens is 1. The van der Waals surface area contributed by atoms with E-state index in [-0.39, 0.29) is 11.4 Å². The third kappa shape index (κ3) is 1.99. The van der Waals surface area contributed by atoms with Crippen LogP contribution in [-0.2, 0) is 5.54 Å². The van der Waals surface area contributed by atoms with Crippen LogP contribution in [0.25, 0.3) is 0 Å². The SMILES string of the molecule is CC1CCC(C)C(N)(c2cccc(F)c2)C1. The normalized spacial score (nSPS) is 35.0. The minimum atomic E-state index is -0.347. The zero-order valence-electron chi connectivity index (χ0n) is 10.0. The van der Waals surface area contributed by atoms with Crippen LogP contribution in [0.1, 0.15) is 38.7 Å². The highest BCUT2D eigenvalue weighted by Gasteiger charge is 2.38. The molecular weight excluding hydrogens is 201 g/mol. The molecule has 0 heterocycles. The van der Waals surface area contributed by atoms with Crippen LogP contribution in [0, 0.1) is 17.7 Å². The minimum Gasteiger partial charge on any atom is -0.321 e. The molecule has 1 aromatic rings. The van der Waals surface area contributed by atoms with Crippen LogP contribution in [0.4, 0.5) is 4.39 Å². The third-order valence-corrected chi connectivity index (χ3v) is 4.02. The van der Waals surface area contributed by atoms with E-state index in [0.29, 0.717) is 11.8 Å². The average molecular weight is 221 g/mol. The van der Waals surface area contributed by atoms with Gasteiger partial charge in [0.2, 0.25) is 0 Å². The van der Waals surface area contributed by atoms with Gasteiger partial charge in [0, 0.05) is 5.54 Å². The number of nitrogens with two attached hydrogens (primary N) is 1. The largest absolute Gasteiger partial charge is 0.321 e. The van der Waals surface area contributed by atoms with Gasteiger partial charge in [-0.05, 0) is 42.4 Å². The molecule has 3 atom stereocenters. The first-order valence-electron chi connectivity index (χ1n) is 6.07. The molecule has 1 fully saturated rings. The lowest BCUT2D eigenvalue weighted by Crippen LogP contribution is -2.47. The second kappa shape index (κ2) is 4.17. The second-order valence-electron chi connectivity index (χ2n) is 5.34. The molecule has 88 valence electrons. The van der Waals surface area contributed by atoms with Gasteiger partial charge in [-0.3, -0.25) is 0 Å².